The summed E-state index contributed by atoms with van der Waals surface area (Å²) in [6, 6.07) is 4.91. The Morgan fingerprint density at radius 3 is 2.69 bits per heavy atom. The minimum absolute atomic E-state index is 0.210. The average molecular weight is 421 g/mol. The summed E-state index contributed by atoms with van der Waals surface area (Å²) in [6.45, 7) is 6.51. The molecule has 1 aromatic heterocycles. The molecule has 0 aliphatic carbocycles. The van der Waals surface area contributed by atoms with Gasteiger partial charge in [-0.25, -0.2) is 8.42 Å². The molecule has 1 aliphatic rings. The predicted molar refractivity (Wildman–Crippen MR) is 109 cm³/mol. The number of aromatic nitrogens is 2. The summed E-state index contributed by atoms with van der Waals surface area (Å²) in [5, 5.41) is 7.08. The summed E-state index contributed by atoms with van der Waals surface area (Å²) < 4.78 is 34.7. The molecule has 29 heavy (non-hydrogen) atoms. The molecule has 1 amide bonds. The predicted octanol–water partition coefficient (Wildman–Crippen LogP) is 1.59. The molecule has 1 saturated heterocycles. The van der Waals surface area contributed by atoms with Gasteiger partial charge in [-0.2, -0.15) is 9.40 Å². The molecule has 1 aromatic carbocycles. The standard InChI is InChI=1S/C20H28N4O4S/c1-3-17-5-6-18(13-19(17)29(26,27)24-9-11-28-12-10-24)20(25)21-7-4-8-23-15-16(2)14-22-23/h5-6,13-15H,3-4,7-12H2,1-2H3,(H,21,25). The van der Waals surface area contributed by atoms with E-state index in [1.54, 1.807) is 18.3 Å². The zero-order valence-electron chi connectivity index (χ0n) is 16.9. The van der Waals surface area contributed by atoms with E-state index in [2.05, 4.69) is 10.4 Å². The van der Waals surface area contributed by atoms with Crippen LogP contribution in [0, 0.1) is 6.92 Å². The number of rotatable bonds is 8. The van der Waals surface area contributed by atoms with Crippen LogP contribution < -0.4 is 5.32 Å². The molecular weight excluding hydrogens is 392 g/mol. The summed E-state index contributed by atoms with van der Waals surface area (Å²) in [6.07, 6.45) is 5.06. The Morgan fingerprint density at radius 2 is 2.03 bits per heavy atom. The molecule has 0 atom stereocenters. The third-order valence-electron chi connectivity index (χ3n) is 4.91. The number of sulfonamides is 1. The van der Waals surface area contributed by atoms with Gasteiger partial charge < -0.3 is 10.1 Å². The first kappa shape index (κ1) is 21.5. The van der Waals surface area contributed by atoms with E-state index < -0.39 is 10.0 Å². The van der Waals surface area contributed by atoms with Crippen LogP contribution in [0.2, 0.25) is 0 Å². The molecule has 0 unspecified atom stereocenters. The topological polar surface area (TPSA) is 93.5 Å². The molecule has 8 nitrogen and oxygen atoms in total. The van der Waals surface area contributed by atoms with Gasteiger partial charge in [-0.3, -0.25) is 9.48 Å². The Labute approximate surface area is 171 Å². The minimum atomic E-state index is -3.66. The quantitative estimate of drug-likeness (QED) is 0.655. The molecule has 1 aliphatic heterocycles. The fourth-order valence-electron chi connectivity index (χ4n) is 3.29. The second-order valence-corrected chi connectivity index (χ2v) is 8.99. The van der Waals surface area contributed by atoms with Gasteiger partial charge in [0.15, 0.2) is 0 Å². The van der Waals surface area contributed by atoms with Crippen molar-refractivity contribution in [2.24, 2.45) is 0 Å². The number of nitrogens with zero attached hydrogens (tertiary/aromatic N) is 3. The normalized spacial score (nSPS) is 15.4. The van der Waals surface area contributed by atoms with Crippen molar-refractivity contribution in [3.8, 4) is 0 Å². The Morgan fingerprint density at radius 1 is 1.28 bits per heavy atom. The second-order valence-electron chi connectivity index (χ2n) is 7.08. The number of benzene rings is 1. The minimum Gasteiger partial charge on any atom is -0.379 e. The summed E-state index contributed by atoms with van der Waals surface area (Å²) >= 11 is 0. The molecule has 2 heterocycles. The number of carbonyl (C=O) groups excluding carboxylic acids is 1. The maximum Gasteiger partial charge on any atom is 0.251 e. The largest absolute Gasteiger partial charge is 0.379 e. The van der Waals surface area contributed by atoms with Crippen LogP contribution in [0.4, 0.5) is 0 Å². The number of ether oxygens (including phenoxy) is 1. The first-order chi connectivity index (χ1) is 13.9. The summed E-state index contributed by atoms with van der Waals surface area (Å²) in [4.78, 5) is 12.8. The highest BCUT2D eigenvalue weighted by Crippen LogP contribution is 2.23. The second kappa shape index (κ2) is 9.51. The fourth-order valence-corrected chi connectivity index (χ4v) is 5.02. The lowest BCUT2D eigenvalue weighted by molar-refractivity contribution is 0.0730. The van der Waals surface area contributed by atoms with Crippen molar-refractivity contribution in [2.45, 2.75) is 38.1 Å². The van der Waals surface area contributed by atoms with Crippen LogP contribution in [-0.4, -0.2) is 61.3 Å². The first-order valence-corrected chi connectivity index (χ1v) is 11.3. The molecule has 1 N–H and O–H groups in total. The molecule has 0 bridgehead atoms. The first-order valence-electron chi connectivity index (χ1n) is 9.90. The molecule has 3 rings (SSSR count). The third-order valence-corrected chi connectivity index (χ3v) is 6.89. The number of nitrogens with one attached hydrogen (secondary N) is 1. The van der Waals surface area contributed by atoms with Crippen molar-refractivity contribution >= 4 is 15.9 Å². The van der Waals surface area contributed by atoms with Crippen LogP contribution in [0.1, 0.15) is 34.8 Å². The van der Waals surface area contributed by atoms with Gasteiger partial charge in [0.1, 0.15) is 0 Å². The highest BCUT2D eigenvalue weighted by molar-refractivity contribution is 7.89. The van der Waals surface area contributed by atoms with Gasteiger partial charge in [-0.05, 0) is 43.0 Å². The number of amides is 1. The zero-order chi connectivity index (χ0) is 20.9. The molecule has 0 radical (unpaired) electrons. The number of hydrogen-bond acceptors (Lipinski definition) is 5. The van der Waals surface area contributed by atoms with Gasteiger partial charge in [0.2, 0.25) is 10.0 Å². The third kappa shape index (κ3) is 5.23. The lowest BCUT2D eigenvalue weighted by Gasteiger charge is -2.27. The van der Waals surface area contributed by atoms with Crippen molar-refractivity contribution < 1.29 is 17.9 Å². The van der Waals surface area contributed by atoms with Gasteiger partial charge in [0, 0.05) is 37.9 Å². The fraction of sp³-hybridized carbons (Fsp3) is 0.500. The van der Waals surface area contributed by atoms with Crippen LogP contribution >= 0.6 is 0 Å². The van der Waals surface area contributed by atoms with E-state index in [1.165, 1.54) is 10.4 Å². The maximum absolute atomic E-state index is 13.1. The van der Waals surface area contributed by atoms with Crippen molar-refractivity contribution in [3.05, 3.63) is 47.3 Å². The number of hydrogen-bond donors (Lipinski definition) is 1. The van der Waals surface area contributed by atoms with E-state index in [1.807, 2.05) is 24.7 Å². The van der Waals surface area contributed by atoms with Gasteiger partial charge >= 0.3 is 0 Å². The molecule has 0 spiro atoms. The molecule has 158 valence electrons. The van der Waals surface area contributed by atoms with Gasteiger partial charge in [-0.15, -0.1) is 0 Å². The van der Waals surface area contributed by atoms with E-state index in [0.29, 0.717) is 56.9 Å². The van der Waals surface area contributed by atoms with E-state index in [4.69, 9.17) is 4.74 Å². The van der Waals surface area contributed by atoms with E-state index in [0.717, 1.165) is 12.0 Å². The van der Waals surface area contributed by atoms with E-state index in [9.17, 15) is 13.2 Å². The summed E-state index contributed by atoms with van der Waals surface area (Å²) in [7, 11) is -3.66. The number of morpholine rings is 1. The molecule has 1 fully saturated rings. The van der Waals surface area contributed by atoms with Crippen molar-refractivity contribution in [1.82, 2.24) is 19.4 Å². The van der Waals surface area contributed by atoms with Crippen LogP contribution in [0.15, 0.2) is 35.5 Å². The van der Waals surface area contributed by atoms with Gasteiger partial charge in [0.05, 0.1) is 24.3 Å². The van der Waals surface area contributed by atoms with Gasteiger partial charge in [-0.1, -0.05) is 13.0 Å². The van der Waals surface area contributed by atoms with Crippen LogP contribution in [0.25, 0.3) is 0 Å². The monoisotopic (exact) mass is 420 g/mol. The molecule has 2 aromatic rings. The van der Waals surface area contributed by atoms with Crippen molar-refractivity contribution in [1.29, 1.82) is 0 Å². The number of aryl methyl sites for hydroxylation is 3. The SMILES string of the molecule is CCc1ccc(C(=O)NCCCn2cc(C)cn2)cc1S(=O)(=O)N1CCOCC1. The molecular formula is C20H28N4O4S. The summed E-state index contributed by atoms with van der Waals surface area (Å²) in [5.41, 5.74) is 2.16. The summed E-state index contributed by atoms with van der Waals surface area (Å²) in [5.74, 6) is -0.275. The van der Waals surface area contributed by atoms with E-state index in [-0.39, 0.29) is 10.8 Å². The van der Waals surface area contributed by atoms with Crippen LogP contribution in [0.3, 0.4) is 0 Å². The van der Waals surface area contributed by atoms with E-state index >= 15 is 0 Å². The Kier molecular flexibility index (Phi) is 7.05. The van der Waals surface area contributed by atoms with Gasteiger partial charge in [0.25, 0.3) is 5.91 Å². The number of carbonyl (C=O) groups is 1. The van der Waals surface area contributed by atoms with Crippen molar-refractivity contribution in [3.63, 3.8) is 0 Å². The molecule has 0 saturated carbocycles. The highest BCUT2D eigenvalue weighted by Gasteiger charge is 2.29. The van der Waals surface area contributed by atoms with Crippen LogP contribution in [0.5, 0.6) is 0 Å². The smallest absolute Gasteiger partial charge is 0.251 e. The Hall–Kier alpha value is -2.23. The highest BCUT2D eigenvalue weighted by atomic mass is 32.2. The average Bonchev–Trinajstić information content (AvgIpc) is 3.16. The molecule has 9 heteroatoms. The Balaban J connectivity index is 1.67. The van der Waals surface area contributed by atoms with Crippen LogP contribution in [-0.2, 0) is 27.7 Å². The zero-order valence-corrected chi connectivity index (χ0v) is 17.7. The maximum atomic E-state index is 13.1. The lowest BCUT2D eigenvalue weighted by atomic mass is 10.1. The lowest BCUT2D eigenvalue weighted by Crippen LogP contribution is -2.41. The van der Waals surface area contributed by atoms with Crippen molar-refractivity contribution in [2.75, 3.05) is 32.8 Å². The Bertz CT molecular complexity index is 949.